The summed E-state index contributed by atoms with van der Waals surface area (Å²) in [5, 5.41) is 6.90. The van der Waals surface area contributed by atoms with Crippen LogP contribution in [0.1, 0.15) is 82.4 Å². The molecule has 1 amide bonds. The molecule has 1 saturated heterocycles. The SMILES string of the molecule is CC(C)(C)c1cc2cn(-c3ccc(C(=O)NCCCN)cc3)c(=O)nc2[nH]1.CC(C)(C)c1ccc(S(=O)(=O)NC2CCNCC2)cc1. The zero-order valence-electron chi connectivity index (χ0n) is 28.3. The van der Waals surface area contributed by atoms with Gasteiger partial charge in [0.1, 0.15) is 5.65 Å². The van der Waals surface area contributed by atoms with Crippen LogP contribution in [0, 0.1) is 0 Å². The van der Waals surface area contributed by atoms with Crippen LogP contribution >= 0.6 is 0 Å². The summed E-state index contributed by atoms with van der Waals surface area (Å²) >= 11 is 0. The molecule has 0 saturated carbocycles. The third kappa shape index (κ3) is 9.60. The third-order valence-electron chi connectivity index (χ3n) is 8.08. The number of hydrogen-bond acceptors (Lipinski definition) is 7. The first-order valence-electron chi connectivity index (χ1n) is 16.1. The first-order valence-corrected chi connectivity index (χ1v) is 17.6. The van der Waals surface area contributed by atoms with E-state index in [2.05, 4.69) is 66.9 Å². The summed E-state index contributed by atoms with van der Waals surface area (Å²) in [6, 6.07) is 16.1. The molecule has 12 heteroatoms. The minimum atomic E-state index is -3.40. The zero-order valence-corrected chi connectivity index (χ0v) is 29.1. The van der Waals surface area contributed by atoms with Crippen LogP contribution in [-0.4, -0.2) is 61.1 Å². The fourth-order valence-corrected chi connectivity index (χ4v) is 6.43. The summed E-state index contributed by atoms with van der Waals surface area (Å²) in [5.74, 6) is -0.156. The molecule has 6 N–H and O–H groups in total. The molecule has 3 heterocycles. The molecular formula is C35H49N7O4S. The Labute approximate surface area is 277 Å². The highest BCUT2D eigenvalue weighted by atomic mass is 32.2. The normalized spacial score (nSPS) is 14.4. The second-order valence-electron chi connectivity index (χ2n) is 14.0. The fourth-order valence-electron chi connectivity index (χ4n) is 5.12. The molecule has 1 aliphatic rings. The summed E-state index contributed by atoms with van der Waals surface area (Å²) in [4.78, 5) is 32.2. The molecule has 1 aliphatic heterocycles. The predicted molar refractivity (Wildman–Crippen MR) is 188 cm³/mol. The van der Waals surface area contributed by atoms with Crippen LogP contribution < -0.4 is 26.8 Å². The molecule has 47 heavy (non-hydrogen) atoms. The van der Waals surface area contributed by atoms with Crippen molar-refractivity contribution in [3.63, 3.8) is 0 Å². The Morgan fingerprint density at radius 1 is 0.979 bits per heavy atom. The van der Waals surface area contributed by atoms with Gasteiger partial charge < -0.3 is 21.4 Å². The molecule has 2 aromatic heterocycles. The van der Waals surface area contributed by atoms with Gasteiger partial charge in [-0.1, -0.05) is 53.7 Å². The molecule has 0 bridgehead atoms. The van der Waals surface area contributed by atoms with E-state index in [4.69, 9.17) is 5.73 Å². The van der Waals surface area contributed by atoms with Crippen molar-refractivity contribution in [2.24, 2.45) is 5.73 Å². The molecule has 0 aliphatic carbocycles. The van der Waals surface area contributed by atoms with Gasteiger partial charge in [-0.2, -0.15) is 4.98 Å². The number of carbonyl (C=O) groups excluding carboxylic acids is 1. The van der Waals surface area contributed by atoms with Crippen molar-refractivity contribution in [2.45, 2.75) is 82.6 Å². The van der Waals surface area contributed by atoms with Crippen molar-refractivity contribution in [1.82, 2.24) is 29.9 Å². The average Bonchev–Trinajstić information content (AvgIpc) is 3.45. The number of aromatic amines is 1. The van der Waals surface area contributed by atoms with Crippen molar-refractivity contribution in [1.29, 1.82) is 0 Å². The summed E-state index contributed by atoms with van der Waals surface area (Å²) < 4.78 is 28.9. The maximum absolute atomic E-state index is 12.4. The van der Waals surface area contributed by atoms with Gasteiger partial charge >= 0.3 is 5.69 Å². The number of fused-ring (bicyclic) bond motifs is 1. The number of nitrogens with zero attached hydrogens (tertiary/aromatic N) is 2. The topological polar surface area (TPSA) is 164 Å². The van der Waals surface area contributed by atoms with Crippen LogP contribution in [0.3, 0.4) is 0 Å². The maximum Gasteiger partial charge on any atom is 0.354 e. The number of nitrogens with one attached hydrogen (secondary N) is 4. The van der Waals surface area contributed by atoms with E-state index in [0.29, 0.717) is 34.9 Å². The minimum absolute atomic E-state index is 0.0325. The van der Waals surface area contributed by atoms with Crippen LogP contribution in [0.2, 0.25) is 0 Å². The average molecular weight is 664 g/mol. The summed E-state index contributed by atoms with van der Waals surface area (Å²) in [6.45, 7) is 15.5. The number of amides is 1. The lowest BCUT2D eigenvalue weighted by molar-refractivity contribution is 0.0953. The quantitative estimate of drug-likeness (QED) is 0.177. The first kappa shape index (κ1) is 36.0. The Bertz CT molecular complexity index is 1810. The third-order valence-corrected chi connectivity index (χ3v) is 9.62. The van der Waals surface area contributed by atoms with E-state index in [-0.39, 0.29) is 28.5 Å². The van der Waals surface area contributed by atoms with Crippen LogP contribution in [0.15, 0.2) is 70.5 Å². The van der Waals surface area contributed by atoms with Gasteiger partial charge in [-0.25, -0.2) is 17.9 Å². The summed E-state index contributed by atoms with van der Waals surface area (Å²) in [6.07, 6.45) is 4.20. The lowest BCUT2D eigenvalue weighted by Crippen LogP contribution is -2.42. The van der Waals surface area contributed by atoms with Gasteiger partial charge in [-0.05, 0) is 92.3 Å². The summed E-state index contributed by atoms with van der Waals surface area (Å²) in [5.41, 5.74) is 8.96. The Kier molecular flexibility index (Phi) is 11.4. The van der Waals surface area contributed by atoms with Gasteiger partial charge in [-0.15, -0.1) is 0 Å². The lowest BCUT2D eigenvalue weighted by Gasteiger charge is -2.24. The standard InChI is InChI=1S/C20H25N5O2.C15H24N2O2S/c1-20(2,3)16-11-14-12-25(19(27)24-17(14)23-16)15-7-5-13(6-8-15)18(26)22-10-4-9-21;1-15(2,3)12-4-6-14(7-5-12)20(18,19)17-13-8-10-16-11-9-13/h5-8,11-12H,4,9-10,21H2,1-3H3,(H,22,26)(H,23,24,27);4-7,13,16-17H,8-11H2,1-3H3. The number of benzene rings is 2. The van der Waals surface area contributed by atoms with Crippen molar-refractivity contribution < 1.29 is 13.2 Å². The van der Waals surface area contributed by atoms with Crippen molar-refractivity contribution in [2.75, 3.05) is 26.2 Å². The Balaban J connectivity index is 0.000000223. The van der Waals surface area contributed by atoms with E-state index in [1.54, 1.807) is 42.6 Å². The first-order chi connectivity index (χ1) is 22.1. The second-order valence-corrected chi connectivity index (χ2v) is 15.7. The van der Waals surface area contributed by atoms with Gasteiger partial charge in [0, 0.05) is 40.8 Å². The number of nitrogens with two attached hydrogens (primary N) is 1. The van der Waals surface area contributed by atoms with Gasteiger partial charge in [-0.3, -0.25) is 9.36 Å². The fraction of sp³-hybridized carbons (Fsp3) is 0.457. The molecule has 0 unspecified atom stereocenters. The van der Waals surface area contributed by atoms with E-state index in [9.17, 15) is 18.0 Å². The predicted octanol–water partition coefficient (Wildman–Crippen LogP) is 4.10. The van der Waals surface area contributed by atoms with Crippen LogP contribution in [0.4, 0.5) is 0 Å². The van der Waals surface area contributed by atoms with Crippen LogP contribution in [-0.2, 0) is 20.9 Å². The molecule has 1 fully saturated rings. The zero-order chi connectivity index (χ0) is 34.4. The van der Waals surface area contributed by atoms with E-state index >= 15 is 0 Å². The van der Waals surface area contributed by atoms with Crippen LogP contribution in [0.25, 0.3) is 16.7 Å². The molecule has 0 radical (unpaired) electrons. The Hall–Kier alpha value is -3.84. The number of hydrogen-bond donors (Lipinski definition) is 5. The van der Waals surface area contributed by atoms with E-state index in [1.807, 2.05) is 18.2 Å². The number of piperidine rings is 1. The van der Waals surface area contributed by atoms with Gasteiger partial charge in [0.2, 0.25) is 10.0 Å². The number of sulfonamides is 1. The second kappa shape index (κ2) is 14.9. The van der Waals surface area contributed by atoms with Crippen LogP contribution in [0.5, 0.6) is 0 Å². The lowest BCUT2D eigenvalue weighted by atomic mass is 9.87. The number of aromatic nitrogens is 3. The largest absolute Gasteiger partial charge is 0.354 e. The highest BCUT2D eigenvalue weighted by Gasteiger charge is 2.23. The molecule has 254 valence electrons. The number of rotatable bonds is 8. The van der Waals surface area contributed by atoms with Gasteiger partial charge in [0.15, 0.2) is 0 Å². The maximum atomic E-state index is 12.4. The smallest absolute Gasteiger partial charge is 0.352 e. The Morgan fingerprint density at radius 3 is 2.19 bits per heavy atom. The molecule has 11 nitrogen and oxygen atoms in total. The Morgan fingerprint density at radius 2 is 1.62 bits per heavy atom. The van der Waals surface area contributed by atoms with Gasteiger partial charge in [0.05, 0.1) is 10.6 Å². The summed E-state index contributed by atoms with van der Waals surface area (Å²) in [7, 11) is -3.40. The van der Waals surface area contributed by atoms with Gasteiger partial charge in [0.25, 0.3) is 5.91 Å². The molecule has 5 rings (SSSR count). The van der Waals surface area contributed by atoms with E-state index in [1.165, 1.54) is 4.57 Å². The van der Waals surface area contributed by atoms with E-state index in [0.717, 1.165) is 49.0 Å². The molecule has 4 aromatic rings. The highest BCUT2D eigenvalue weighted by Crippen LogP contribution is 2.25. The monoisotopic (exact) mass is 663 g/mol. The molecular weight excluding hydrogens is 614 g/mol. The van der Waals surface area contributed by atoms with Crippen molar-refractivity contribution in [3.05, 3.63) is 88.1 Å². The molecule has 2 aromatic carbocycles. The number of H-pyrrole nitrogens is 1. The number of carbonyl (C=O) groups is 1. The van der Waals surface area contributed by atoms with Crippen molar-refractivity contribution >= 4 is 27.0 Å². The highest BCUT2D eigenvalue weighted by molar-refractivity contribution is 7.89. The molecule has 0 spiro atoms. The van der Waals surface area contributed by atoms with E-state index < -0.39 is 10.0 Å². The minimum Gasteiger partial charge on any atom is -0.352 e. The molecule has 0 atom stereocenters. The van der Waals surface area contributed by atoms with Crippen molar-refractivity contribution in [3.8, 4) is 5.69 Å².